The average molecular weight is 402 g/mol. The van der Waals surface area contributed by atoms with Crippen LogP contribution in [0.3, 0.4) is 0 Å². The number of benzene rings is 3. The van der Waals surface area contributed by atoms with Gasteiger partial charge < -0.3 is 4.42 Å². The quantitative estimate of drug-likeness (QED) is 0.445. The zero-order valence-corrected chi connectivity index (χ0v) is 16.3. The van der Waals surface area contributed by atoms with Crippen molar-refractivity contribution in [1.82, 2.24) is 0 Å². The molecule has 3 aromatic carbocycles. The van der Waals surface area contributed by atoms with Crippen LogP contribution in [0.1, 0.15) is 33.3 Å². The first-order valence-electron chi connectivity index (χ1n) is 9.26. The highest BCUT2D eigenvalue weighted by Gasteiger charge is 2.43. The van der Waals surface area contributed by atoms with Crippen LogP contribution in [0, 0.1) is 6.92 Å². The van der Waals surface area contributed by atoms with Gasteiger partial charge >= 0.3 is 0 Å². The van der Waals surface area contributed by atoms with E-state index in [2.05, 4.69) is 0 Å². The van der Waals surface area contributed by atoms with Gasteiger partial charge in [0.1, 0.15) is 5.58 Å². The van der Waals surface area contributed by atoms with Crippen LogP contribution >= 0.6 is 11.6 Å². The lowest BCUT2D eigenvalue weighted by Gasteiger charge is -2.25. The van der Waals surface area contributed by atoms with Gasteiger partial charge in [0.25, 0.3) is 5.91 Å². The summed E-state index contributed by atoms with van der Waals surface area (Å²) >= 11 is 6.19. The molecule has 0 saturated carbocycles. The lowest BCUT2D eigenvalue weighted by atomic mass is 9.98. The van der Waals surface area contributed by atoms with Gasteiger partial charge in [-0.15, -0.1) is 0 Å². The van der Waals surface area contributed by atoms with Crippen molar-refractivity contribution in [2.24, 2.45) is 0 Å². The Labute approximate surface area is 172 Å². The molecular weight excluding hydrogens is 386 g/mol. The molecule has 0 N–H and O–H groups in total. The molecule has 1 atom stereocenters. The third kappa shape index (κ3) is 2.76. The summed E-state index contributed by atoms with van der Waals surface area (Å²) in [4.78, 5) is 28.5. The molecule has 1 aromatic heterocycles. The highest BCUT2D eigenvalue weighted by Crippen LogP contribution is 2.41. The van der Waals surface area contributed by atoms with Crippen LogP contribution in [0.15, 0.2) is 82.0 Å². The molecule has 0 spiro atoms. The lowest BCUT2D eigenvalue weighted by Crippen LogP contribution is -2.29. The Bertz CT molecular complexity index is 1330. The third-order valence-corrected chi connectivity index (χ3v) is 5.46. The molecule has 1 unspecified atom stereocenters. The molecule has 4 aromatic rings. The maximum atomic E-state index is 13.5. The molecule has 2 heterocycles. The van der Waals surface area contributed by atoms with Gasteiger partial charge in [0, 0.05) is 10.7 Å². The van der Waals surface area contributed by atoms with E-state index in [1.54, 1.807) is 41.3 Å². The molecule has 1 aliphatic rings. The van der Waals surface area contributed by atoms with E-state index in [0.717, 1.165) is 11.1 Å². The zero-order chi connectivity index (χ0) is 20.1. The van der Waals surface area contributed by atoms with Crippen LogP contribution in [-0.4, -0.2) is 5.91 Å². The van der Waals surface area contributed by atoms with Gasteiger partial charge in [0.05, 0.1) is 17.0 Å². The second-order valence-corrected chi connectivity index (χ2v) is 7.58. The van der Waals surface area contributed by atoms with Crippen molar-refractivity contribution in [3.63, 3.8) is 0 Å². The van der Waals surface area contributed by atoms with E-state index >= 15 is 0 Å². The van der Waals surface area contributed by atoms with Crippen LogP contribution in [0.25, 0.3) is 11.0 Å². The molecule has 1 amide bonds. The number of nitrogens with zero attached hydrogens (tertiary/aromatic N) is 1. The fourth-order valence-corrected chi connectivity index (χ4v) is 4.11. The van der Waals surface area contributed by atoms with Crippen LogP contribution in [0.2, 0.25) is 5.02 Å². The summed E-state index contributed by atoms with van der Waals surface area (Å²) in [5, 5.41) is 0.989. The number of aryl methyl sites for hydroxylation is 1. The molecule has 0 saturated heterocycles. The molecule has 4 nitrogen and oxygen atoms in total. The summed E-state index contributed by atoms with van der Waals surface area (Å²) in [6, 6.07) is 21.4. The van der Waals surface area contributed by atoms with Crippen LogP contribution < -0.4 is 10.3 Å². The Morgan fingerprint density at radius 1 is 0.931 bits per heavy atom. The van der Waals surface area contributed by atoms with Gasteiger partial charge in [0.2, 0.25) is 5.76 Å². The Morgan fingerprint density at radius 3 is 2.48 bits per heavy atom. The number of fused-ring (bicyclic) bond motifs is 2. The summed E-state index contributed by atoms with van der Waals surface area (Å²) in [6.07, 6.45) is 0. The number of carbonyl (C=O) groups is 1. The fourth-order valence-electron chi connectivity index (χ4n) is 3.93. The predicted molar refractivity (Wildman–Crippen MR) is 114 cm³/mol. The van der Waals surface area contributed by atoms with E-state index in [4.69, 9.17) is 16.0 Å². The predicted octanol–water partition coefficient (Wildman–Crippen LogP) is 5.50. The van der Waals surface area contributed by atoms with Crippen molar-refractivity contribution >= 4 is 34.2 Å². The van der Waals surface area contributed by atoms with Crippen molar-refractivity contribution in [3.05, 3.63) is 110 Å². The van der Waals surface area contributed by atoms with E-state index < -0.39 is 6.04 Å². The fraction of sp³-hybridized carbons (Fsp3) is 0.0833. The van der Waals surface area contributed by atoms with Crippen LogP contribution in [-0.2, 0) is 0 Å². The van der Waals surface area contributed by atoms with Gasteiger partial charge in [-0.1, -0.05) is 59.6 Å². The number of hydrogen-bond acceptors (Lipinski definition) is 3. The summed E-state index contributed by atoms with van der Waals surface area (Å²) < 4.78 is 5.96. The standard InChI is InChI=1S/C24H16ClNO3/c1-14-10-11-19-18(12-14)22(27)20-21(15-6-3-2-4-7-15)26(24(28)23(20)29-19)17-9-5-8-16(25)13-17/h2-13,21H,1H3. The maximum Gasteiger partial charge on any atom is 0.295 e. The summed E-state index contributed by atoms with van der Waals surface area (Å²) in [6.45, 7) is 1.92. The third-order valence-electron chi connectivity index (χ3n) is 5.23. The van der Waals surface area contributed by atoms with Crippen molar-refractivity contribution in [1.29, 1.82) is 0 Å². The topological polar surface area (TPSA) is 50.5 Å². The van der Waals surface area contributed by atoms with Crippen LogP contribution in [0.4, 0.5) is 5.69 Å². The number of carbonyl (C=O) groups excluding carboxylic acids is 1. The molecule has 142 valence electrons. The van der Waals surface area contributed by atoms with E-state index in [-0.39, 0.29) is 17.1 Å². The first-order valence-corrected chi connectivity index (χ1v) is 9.64. The molecule has 0 aliphatic carbocycles. The number of rotatable bonds is 2. The van der Waals surface area contributed by atoms with E-state index in [1.165, 1.54) is 0 Å². The molecule has 1 aliphatic heterocycles. The first-order chi connectivity index (χ1) is 14.0. The smallest absolute Gasteiger partial charge is 0.295 e. The molecular formula is C24H16ClNO3. The molecule has 5 heteroatoms. The molecule has 0 fully saturated rings. The van der Waals surface area contributed by atoms with Gasteiger partial charge in [0.15, 0.2) is 5.43 Å². The van der Waals surface area contributed by atoms with Gasteiger partial charge in [-0.25, -0.2) is 0 Å². The minimum Gasteiger partial charge on any atom is -0.450 e. The normalized spacial score (nSPS) is 15.7. The Morgan fingerprint density at radius 2 is 1.72 bits per heavy atom. The number of amides is 1. The average Bonchev–Trinajstić information content (AvgIpc) is 3.02. The van der Waals surface area contributed by atoms with Crippen molar-refractivity contribution in [3.8, 4) is 0 Å². The highest BCUT2D eigenvalue weighted by atomic mass is 35.5. The van der Waals surface area contributed by atoms with E-state index in [9.17, 15) is 9.59 Å². The molecule has 0 bridgehead atoms. The van der Waals surface area contributed by atoms with Crippen molar-refractivity contribution < 1.29 is 9.21 Å². The molecule has 29 heavy (non-hydrogen) atoms. The molecule has 5 rings (SSSR count). The number of anilines is 1. The highest BCUT2D eigenvalue weighted by molar-refractivity contribution is 6.31. The zero-order valence-electron chi connectivity index (χ0n) is 15.6. The Kier molecular flexibility index (Phi) is 4.03. The SMILES string of the molecule is Cc1ccc2oc3c(c(=O)c2c1)C(c1ccccc1)N(c1cccc(Cl)c1)C3=O. The molecule has 0 radical (unpaired) electrons. The van der Waals surface area contributed by atoms with Gasteiger partial charge in [-0.05, 0) is 42.8 Å². The van der Waals surface area contributed by atoms with Gasteiger partial charge in [-0.3, -0.25) is 14.5 Å². The minimum atomic E-state index is -0.585. The van der Waals surface area contributed by atoms with Crippen molar-refractivity contribution in [2.45, 2.75) is 13.0 Å². The van der Waals surface area contributed by atoms with Crippen LogP contribution in [0.5, 0.6) is 0 Å². The summed E-state index contributed by atoms with van der Waals surface area (Å²) in [5.74, 6) is -0.268. The number of hydrogen-bond donors (Lipinski definition) is 0. The lowest BCUT2D eigenvalue weighted by molar-refractivity contribution is 0.0971. The largest absolute Gasteiger partial charge is 0.450 e. The number of halogens is 1. The first kappa shape index (κ1) is 17.7. The second kappa shape index (κ2) is 6.61. The van der Waals surface area contributed by atoms with Crippen molar-refractivity contribution in [2.75, 3.05) is 4.90 Å². The van der Waals surface area contributed by atoms with E-state index in [1.807, 2.05) is 43.3 Å². The maximum absolute atomic E-state index is 13.5. The monoisotopic (exact) mass is 401 g/mol. The van der Waals surface area contributed by atoms with Gasteiger partial charge in [-0.2, -0.15) is 0 Å². The minimum absolute atomic E-state index is 0.0835. The second-order valence-electron chi connectivity index (χ2n) is 7.14. The van der Waals surface area contributed by atoms with E-state index in [0.29, 0.717) is 27.2 Å². The Balaban J connectivity index is 1.84. The Hall–Kier alpha value is -3.37. The summed E-state index contributed by atoms with van der Waals surface area (Å²) in [7, 11) is 0. The summed E-state index contributed by atoms with van der Waals surface area (Å²) in [5.41, 5.74) is 2.99.